The Balaban J connectivity index is 1.77. The predicted molar refractivity (Wildman–Crippen MR) is 90.5 cm³/mol. The monoisotopic (exact) mass is 323 g/mol. The second kappa shape index (κ2) is 7.87. The van der Waals surface area contributed by atoms with E-state index in [1.807, 2.05) is 25.1 Å². The van der Waals surface area contributed by atoms with Crippen LogP contribution in [0.15, 0.2) is 18.2 Å². The minimum absolute atomic E-state index is 0.260. The van der Waals surface area contributed by atoms with Gasteiger partial charge in [0, 0.05) is 23.5 Å². The van der Waals surface area contributed by atoms with Gasteiger partial charge in [-0.25, -0.2) is 0 Å². The van der Waals surface area contributed by atoms with E-state index in [-0.39, 0.29) is 5.91 Å². The molecule has 4 heteroatoms. The highest BCUT2D eigenvalue weighted by molar-refractivity contribution is 6.30. The third kappa shape index (κ3) is 4.39. The number of hydrogen-bond donors (Lipinski definition) is 0. The van der Waals surface area contributed by atoms with Crippen LogP contribution in [0.4, 0.5) is 0 Å². The fourth-order valence-electron chi connectivity index (χ4n) is 3.22. The lowest BCUT2D eigenvalue weighted by Gasteiger charge is -2.39. The molecule has 122 valence electrons. The lowest BCUT2D eigenvalue weighted by Crippen LogP contribution is -2.47. The quantitative estimate of drug-likeness (QED) is 0.741. The van der Waals surface area contributed by atoms with Crippen molar-refractivity contribution in [2.75, 3.05) is 6.61 Å². The highest BCUT2D eigenvalue weighted by Gasteiger charge is 2.28. The van der Waals surface area contributed by atoms with Gasteiger partial charge in [-0.2, -0.15) is 0 Å². The lowest BCUT2D eigenvalue weighted by molar-refractivity contribution is -0.137. The van der Waals surface area contributed by atoms with E-state index >= 15 is 0 Å². The normalized spacial score (nSPS) is 21.7. The third-order valence-corrected chi connectivity index (χ3v) is 4.65. The van der Waals surface area contributed by atoms with Crippen molar-refractivity contribution in [1.29, 1.82) is 0 Å². The van der Waals surface area contributed by atoms with Gasteiger partial charge in [-0.3, -0.25) is 4.79 Å². The van der Waals surface area contributed by atoms with E-state index in [2.05, 4.69) is 18.7 Å². The Morgan fingerprint density at radius 2 is 2.00 bits per heavy atom. The first kappa shape index (κ1) is 17.1. The van der Waals surface area contributed by atoms with Crippen LogP contribution in [0.1, 0.15) is 51.5 Å². The van der Waals surface area contributed by atoms with Crippen LogP contribution in [0.2, 0.25) is 5.02 Å². The Hall–Kier alpha value is -1.22. The van der Waals surface area contributed by atoms with E-state index in [1.54, 1.807) is 0 Å². The van der Waals surface area contributed by atoms with Crippen LogP contribution < -0.4 is 4.74 Å². The van der Waals surface area contributed by atoms with Gasteiger partial charge in [0.15, 0.2) is 0 Å². The van der Waals surface area contributed by atoms with Crippen molar-refractivity contribution in [3.05, 3.63) is 28.8 Å². The van der Waals surface area contributed by atoms with Crippen LogP contribution in [0.25, 0.3) is 0 Å². The highest BCUT2D eigenvalue weighted by atomic mass is 35.5. The number of carbonyl (C=O) groups is 1. The molecular weight excluding hydrogens is 298 g/mol. The van der Waals surface area contributed by atoms with E-state index in [9.17, 15) is 4.79 Å². The number of nitrogens with zero attached hydrogens (tertiary/aromatic N) is 1. The summed E-state index contributed by atoms with van der Waals surface area (Å²) in [5, 5.41) is 0.716. The number of amides is 1. The maximum atomic E-state index is 12.4. The SMILES string of the molecule is Cc1cc(Cl)ccc1OCCCC(=O)N1[C@@H](C)CCC[C@@H]1C. The molecule has 0 N–H and O–H groups in total. The Bertz CT molecular complexity index is 508. The summed E-state index contributed by atoms with van der Waals surface area (Å²) in [5.74, 6) is 1.10. The Kier molecular flexibility index (Phi) is 6.13. The van der Waals surface area contributed by atoms with Gasteiger partial charge >= 0.3 is 0 Å². The standard InChI is InChI=1S/C18H26ClNO2/c1-13-12-16(19)9-10-17(13)22-11-5-8-18(21)20-14(2)6-4-7-15(20)3/h9-10,12,14-15H,4-8,11H2,1-3H3/t14-,15-/m0/s1. The fraction of sp³-hybridized carbons (Fsp3) is 0.611. The number of rotatable bonds is 5. The zero-order valence-electron chi connectivity index (χ0n) is 13.8. The second-order valence-electron chi connectivity index (χ2n) is 6.29. The van der Waals surface area contributed by atoms with Crippen molar-refractivity contribution in [3.63, 3.8) is 0 Å². The van der Waals surface area contributed by atoms with E-state index in [0.717, 1.165) is 30.6 Å². The molecule has 3 nitrogen and oxygen atoms in total. The summed E-state index contributed by atoms with van der Waals surface area (Å²) in [6, 6.07) is 6.34. The molecule has 0 aliphatic carbocycles. The van der Waals surface area contributed by atoms with Crippen molar-refractivity contribution in [3.8, 4) is 5.75 Å². The number of halogens is 1. The van der Waals surface area contributed by atoms with E-state index < -0.39 is 0 Å². The van der Waals surface area contributed by atoms with Crippen molar-refractivity contribution >= 4 is 17.5 Å². The van der Waals surface area contributed by atoms with Gasteiger partial charge in [-0.05, 0) is 70.2 Å². The molecule has 2 rings (SSSR count). The number of ether oxygens (including phenoxy) is 1. The molecule has 1 saturated heterocycles. The van der Waals surface area contributed by atoms with Crippen molar-refractivity contribution in [1.82, 2.24) is 4.90 Å². The van der Waals surface area contributed by atoms with Crippen LogP contribution in [0, 0.1) is 6.92 Å². The molecule has 1 aromatic carbocycles. The second-order valence-corrected chi connectivity index (χ2v) is 6.73. The van der Waals surface area contributed by atoms with E-state index in [4.69, 9.17) is 16.3 Å². The minimum atomic E-state index is 0.260. The summed E-state index contributed by atoms with van der Waals surface area (Å²) in [4.78, 5) is 14.5. The molecule has 1 aliphatic heterocycles. The summed E-state index contributed by atoms with van der Waals surface area (Å²) in [6.45, 7) is 6.84. The Morgan fingerprint density at radius 3 is 2.64 bits per heavy atom. The topological polar surface area (TPSA) is 29.5 Å². The zero-order valence-corrected chi connectivity index (χ0v) is 14.5. The minimum Gasteiger partial charge on any atom is -0.493 e. The maximum absolute atomic E-state index is 12.4. The molecular formula is C18H26ClNO2. The number of piperidine rings is 1. The van der Waals surface area contributed by atoms with E-state index in [0.29, 0.717) is 30.1 Å². The molecule has 0 unspecified atom stereocenters. The molecule has 1 heterocycles. The molecule has 0 saturated carbocycles. The number of aryl methyl sites for hydroxylation is 1. The van der Waals surface area contributed by atoms with E-state index in [1.165, 1.54) is 6.42 Å². The van der Waals surface area contributed by atoms with Crippen molar-refractivity contribution in [2.45, 2.75) is 65.0 Å². The molecule has 0 bridgehead atoms. The summed E-state index contributed by atoms with van der Waals surface area (Å²) in [6.07, 6.45) is 4.77. The molecule has 1 fully saturated rings. The highest BCUT2D eigenvalue weighted by Crippen LogP contribution is 2.24. The van der Waals surface area contributed by atoms with Crippen LogP contribution in [-0.4, -0.2) is 29.5 Å². The maximum Gasteiger partial charge on any atom is 0.223 e. The molecule has 1 amide bonds. The first-order valence-electron chi connectivity index (χ1n) is 8.19. The number of hydrogen-bond acceptors (Lipinski definition) is 2. The van der Waals surface area contributed by atoms with Crippen molar-refractivity contribution in [2.24, 2.45) is 0 Å². The molecule has 1 aromatic rings. The van der Waals surface area contributed by atoms with Gasteiger partial charge in [-0.15, -0.1) is 0 Å². The number of carbonyl (C=O) groups excluding carboxylic acids is 1. The van der Waals surface area contributed by atoms with Crippen LogP contribution in [-0.2, 0) is 4.79 Å². The summed E-state index contributed by atoms with van der Waals surface area (Å²) >= 11 is 5.93. The predicted octanol–water partition coefficient (Wildman–Crippen LogP) is 4.60. The number of likely N-dealkylation sites (tertiary alicyclic amines) is 1. The smallest absolute Gasteiger partial charge is 0.223 e. The molecule has 0 aromatic heterocycles. The van der Waals surface area contributed by atoms with Crippen molar-refractivity contribution < 1.29 is 9.53 Å². The molecule has 1 aliphatic rings. The summed E-state index contributed by atoms with van der Waals surface area (Å²) in [5.41, 5.74) is 1.03. The Morgan fingerprint density at radius 1 is 1.32 bits per heavy atom. The first-order chi connectivity index (χ1) is 10.5. The number of benzene rings is 1. The van der Waals surface area contributed by atoms with Gasteiger partial charge < -0.3 is 9.64 Å². The lowest BCUT2D eigenvalue weighted by atomic mass is 9.97. The van der Waals surface area contributed by atoms with Crippen LogP contribution in [0.3, 0.4) is 0 Å². The van der Waals surface area contributed by atoms with Gasteiger partial charge in [0.2, 0.25) is 5.91 Å². The Labute approximate surface area is 138 Å². The van der Waals surface area contributed by atoms with Gasteiger partial charge in [0.25, 0.3) is 0 Å². The largest absolute Gasteiger partial charge is 0.493 e. The molecule has 0 radical (unpaired) electrons. The first-order valence-corrected chi connectivity index (χ1v) is 8.57. The fourth-order valence-corrected chi connectivity index (χ4v) is 3.45. The van der Waals surface area contributed by atoms with Crippen LogP contribution >= 0.6 is 11.6 Å². The average molecular weight is 324 g/mol. The van der Waals surface area contributed by atoms with Gasteiger partial charge in [0.1, 0.15) is 5.75 Å². The van der Waals surface area contributed by atoms with Gasteiger partial charge in [-0.1, -0.05) is 11.6 Å². The third-order valence-electron chi connectivity index (χ3n) is 4.41. The average Bonchev–Trinajstić information content (AvgIpc) is 2.45. The molecule has 0 spiro atoms. The summed E-state index contributed by atoms with van der Waals surface area (Å²) < 4.78 is 5.75. The molecule has 22 heavy (non-hydrogen) atoms. The van der Waals surface area contributed by atoms with Gasteiger partial charge in [0.05, 0.1) is 6.61 Å². The zero-order chi connectivity index (χ0) is 16.1. The van der Waals surface area contributed by atoms with Crippen LogP contribution in [0.5, 0.6) is 5.75 Å². The molecule has 2 atom stereocenters. The summed E-state index contributed by atoms with van der Waals surface area (Å²) in [7, 11) is 0.